The molecule has 1 aliphatic carbocycles. The smallest absolute Gasteiger partial charge is 0.348 e. The number of nitrogens with one attached hydrogen (secondary N) is 2. The van der Waals surface area contributed by atoms with Crippen molar-refractivity contribution in [2.24, 2.45) is 0 Å². The molecule has 3 nitrogen and oxygen atoms in total. The van der Waals surface area contributed by atoms with Crippen LogP contribution in [0.2, 0.25) is 0 Å². The van der Waals surface area contributed by atoms with Gasteiger partial charge in [0.15, 0.2) is 0 Å². The molecule has 6 heteroatoms. The number of aromatic amines is 1. The average molecular weight is 219 g/mol. The van der Waals surface area contributed by atoms with Gasteiger partial charge in [-0.05, 0) is 19.8 Å². The third-order valence-electron chi connectivity index (χ3n) is 2.82. The summed E-state index contributed by atoms with van der Waals surface area (Å²) >= 11 is 0. The molecular formula is C9H12F3N3. The van der Waals surface area contributed by atoms with Gasteiger partial charge in [-0.15, -0.1) is 0 Å². The van der Waals surface area contributed by atoms with Crippen molar-refractivity contribution in [1.82, 2.24) is 15.3 Å². The highest BCUT2D eigenvalue weighted by Gasteiger charge is 2.62. The molecule has 0 aromatic carbocycles. The van der Waals surface area contributed by atoms with Crippen molar-refractivity contribution in [3.63, 3.8) is 0 Å². The predicted octanol–water partition coefficient (Wildman–Crippen LogP) is 1.90. The van der Waals surface area contributed by atoms with Gasteiger partial charge in [-0.1, -0.05) is 0 Å². The summed E-state index contributed by atoms with van der Waals surface area (Å²) in [5, 5.41) is 2.55. The van der Waals surface area contributed by atoms with Gasteiger partial charge in [0.2, 0.25) is 0 Å². The third kappa shape index (κ3) is 1.86. The van der Waals surface area contributed by atoms with Crippen molar-refractivity contribution in [3.8, 4) is 0 Å². The van der Waals surface area contributed by atoms with E-state index in [1.165, 1.54) is 6.33 Å². The second kappa shape index (κ2) is 3.23. The van der Waals surface area contributed by atoms with Gasteiger partial charge in [0.1, 0.15) is 5.54 Å². The maximum atomic E-state index is 12.5. The fourth-order valence-corrected chi connectivity index (χ4v) is 1.50. The molecule has 1 aromatic heterocycles. The molecular weight excluding hydrogens is 207 g/mol. The minimum atomic E-state index is -4.16. The summed E-state index contributed by atoms with van der Waals surface area (Å²) in [4.78, 5) is 6.77. The molecule has 1 aromatic rings. The lowest BCUT2D eigenvalue weighted by Gasteiger charge is -2.20. The number of nitrogens with zero attached hydrogens (tertiary/aromatic N) is 1. The minimum absolute atomic E-state index is 0.162. The number of aryl methyl sites for hydroxylation is 1. The Bertz CT molecular complexity index is 352. The third-order valence-corrected chi connectivity index (χ3v) is 2.82. The Balaban J connectivity index is 1.97. The van der Waals surface area contributed by atoms with Crippen molar-refractivity contribution in [2.75, 3.05) is 0 Å². The molecule has 2 rings (SSSR count). The number of hydrogen-bond donors (Lipinski definition) is 2. The van der Waals surface area contributed by atoms with E-state index < -0.39 is 11.7 Å². The zero-order valence-electron chi connectivity index (χ0n) is 8.28. The van der Waals surface area contributed by atoms with Crippen LogP contribution in [0, 0.1) is 6.92 Å². The van der Waals surface area contributed by atoms with Crippen molar-refractivity contribution < 1.29 is 13.2 Å². The standard InChI is InChI=1S/C9H12F3N3/c1-6-7(14-5-13-6)4-15-8(2-3-8)9(10,11)12/h5,15H,2-4H2,1H3,(H,13,14). The van der Waals surface area contributed by atoms with Crippen molar-refractivity contribution in [3.05, 3.63) is 17.7 Å². The summed E-state index contributed by atoms with van der Waals surface area (Å²) in [7, 11) is 0. The first kappa shape index (κ1) is 10.5. The SMILES string of the molecule is Cc1[nH]cnc1CNC1(C(F)(F)F)CC1. The van der Waals surface area contributed by atoms with Crippen LogP contribution in [-0.4, -0.2) is 21.7 Å². The molecule has 1 heterocycles. The van der Waals surface area contributed by atoms with E-state index in [-0.39, 0.29) is 19.4 Å². The normalized spacial score (nSPS) is 19.2. The number of H-pyrrole nitrogens is 1. The fraction of sp³-hybridized carbons (Fsp3) is 0.667. The zero-order valence-corrected chi connectivity index (χ0v) is 8.28. The quantitative estimate of drug-likeness (QED) is 0.815. The van der Waals surface area contributed by atoms with Gasteiger partial charge in [0.25, 0.3) is 0 Å². The molecule has 0 amide bonds. The summed E-state index contributed by atoms with van der Waals surface area (Å²) < 4.78 is 37.6. The predicted molar refractivity (Wildman–Crippen MR) is 48.2 cm³/mol. The van der Waals surface area contributed by atoms with Crippen LogP contribution < -0.4 is 5.32 Å². The molecule has 0 radical (unpaired) electrons. The van der Waals surface area contributed by atoms with Crippen LogP contribution in [0.1, 0.15) is 24.2 Å². The summed E-state index contributed by atoms with van der Waals surface area (Å²) in [6.45, 7) is 1.95. The number of aromatic nitrogens is 2. The summed E-state index contributed by atoms with van der Waals surface area (Å²) in [5.41, 5.74) is -0.204. The lowest BCUT2D eigenvalue weighted by Crippen LogP contribution is -2.44. The lowest BCUT2D eigenvalue weighted by atomic mass is 10.2. The maximum Gasteiger partial charge on any atom is 0.406 e. The Labute approximate surface area is 85.1 Å². The van der Waals surface area contributed by atoms with Crippen LogP contribution in [0.5, 0.6) is 0 Å². The van der Waals surface area contributed by atoms with Gasteiger partial charge in [-0.3, -0.25) is 5.32 Å². The van der Waals surface area contributed by atoms with E-state index >= 15 is 0 Å². The van der Waals surface area contributed by atoms with Gasteiger partial charge >= 0.3 is 6.18 Å². The molecule has 2 N–H and O–H groups in total. The fourth-order valence-electron chi connectivity index (χ4n) is 1.50. The molecule has 1 aliphatic rings. The van der Waals surface area contributed by atoms with E-state index in [0.29, 0.717) is 5.69 Å². The van der Waals surface area contributed by atoms with Gasteiger partial charge < -0.3 is 4.98 Å². The molecule has 0 aliphatic heterocycles. The second-order valence-electron chi connectivity index (χ2n) is 3.91. The second-order valence-corrected chi connectivity index (χ2v) is 3.91. The molecule has 0 atom stereocenters. The van der Waals surface area contributed by atoms with Gasteiger partial charge in [-0.2, -0.15) is 13.2 Å². The molecule has 84 valence electrons. The minimum Gasteiger partial charge on any atom is -0.348 e. The van der Waals surface area contributed by atoms with Crippen LogP contribution >= 0.6 is 0 Å². The van der Waals surface area contributed by atoms with Crippen molar-refractivity contribution in [1.29, 1.82) is 0 Å². The number of hydrogen-bond acceptors (Lipinski definition) is 2. The topological polar surface area (TPSA) is 40.7 Å². The molecule has 15 heavy (non-hydrogen) atoms. The maximum absolute atomic E-state index is 12.5. The van der Waals surface area contributed by atoms with E-state index in [9.17, 15) is 13.2 Å². The number of imidazole rings is 1. The Morgan fingerprint density at radius 1 is 1.53 bits per heavy atom. The van der Waals surface area contributed by atoms with Crippen molar-refractivity contribution >= 4 is 0 Å². The van der Waals surface area contributed by atoms with Crippen LogP contribution in [0.3, 0.4) is 0 Å². The Kier molecular flexibility index (Phi) is 2.26. The van der Waals surface area contributed by atoms with Crippen LogP contribution in [0.25, 0.3) is 0 Å². The van der Waals surface area contributed by atoms with Gasteiger partial charge in [-0.25, -0.2) is 4.98 Å². The zero-order chi connectivity index (χ0) is 11.1. The van der Waals surface area contributed by atoms with E-state index in [4.69, 9.17) is 0 Å². The summed E-state index contributed by atoms with van der Waals surface area (Å²) in [6, 6.07) is 0. The van der Waals surface area contributed by atoms with Crippen LogP contribution in [-0.2, 0) is 6.54 Å². The first-order valence-corrected chi connectivity index (χ1v) is 4.75. The molecule has 0 saturated heterocycles. The summed E-state index contributed by atoms with van der Waals surface area (Å²) in [5.74, 6) is 0. The van der Waals surface area contributed by atoms with Gasteiger partial charge in [0, 0.05) is 12.2 Å². The highest BCUT2D eigenvalue weighted by atomic mass is 19.4. The molecule has 0 unspecified atom stereocenters. The average Bonchev–Trinajstić information content (AvgIpc) is 2.82. The van der Waals surface area contributed by atoms with E-state index in [1.807, 2.05) is 0 Å². The first-order chi connectivity index (χ1) is 6.95. The first-order valence-electron chi connectivity index (χ1n) is 4.75. The molecule has 1 saturated carbocycles. The van der Waals surface area contributed by atoms with Crippen molar-refractivity contribution in [2.45, 2.75) is 38.0 Å². The largest absolute Gasteiger partial charge is 0.406 e. The summed E-state index contributed by atoms with van der Waals surface area (Å²) in [6.07, 6.45) is -2.34. The highest BCUT2D eigenvalue weighted by Crippen LogP contribution is 2.49. The molecule has 0 bridgehead atoms. The van der Waals surface area contributed by atoms with Crippen LogP contribution in [0.15, 0.2) is 6.33 Å². The Hall–Kier alpha value is -1.04. The number of rotatable bonds is 3. The number of halogens is 3. The van der Waals surface area contributed by atoms with Crippen LogP contribution in [0.4, 0.5) is 13.2 Å². The lowest BCUT2D eigenvalue weighted by molar-refractivity contribution is -0.166. The highest BCUT2D eigenvalue weighted by molar-refractivity contribution is 5.13. The van der Waals surface area contributed by atoms with E-state index in [0.717, 1.165) is 5.69 Å². The molecule has 0 spiro atoms. The van der Waals surface area contributed by atoms with E-state index in [2.05, 4.69) is 15.3 Å². The van der Waals surface area contributed by atoms with E-state index in [1.54, 1.807) is 6.92 Å². The monoisotopic (exact) mass is 219 g/mol. The Morgan fingerprint density at radius 3 is 2.60 bits per heavy atom. The Morgan fingerprint density at radius 2 is 2.20 bits per heavy atom. The molecule has 1 fully saturated rings. The van der Waals surface area contributed by atoms with Gasteiger partial charge in [0.05, 0.1) is 12.0 Å². The number of alkyl halides is 3.